The van der Waals surface area contributed by atoms with Crippen molar-refractivity contribution in [3.05, 3.63) is 65.7 Å². The van der Waals surface area contributed by atoms with Crippen LogP contribution in [0.1, 0.15) is 37.2 Å². The van der Waals surface area contributed by atoms with Crippen molar-refractivity contribution >= 4 is 11.7 Å². The van der Waals surface area contributed by atoms with Crippen LogP contribution in [0.25, 0.3) is 0 Å². The van der Waals surface area contributed by atoms with Crippen LogP contribution in [0.2, 0.25) is 0 Å². The molecule has 2 saturated heterocycles. The van der Waals surface area contributed by atoms with Crippen molar-refractivity contribution in [1.82, 2.24) is 15.1 Å². The first kappa shape index (κ1) is 23.7. The number of anilines is 1. The van der Waals surface area contributed by atoms with Gasteiger partial charge in [-0.25, -0.2) is 13.6 Å². The minimum atomic E-state index is -0.806. The monoisotopic (exact) mass is 479 g/mol. The van der Waals surface area contributed by atoms with Crippen molar-refractivity contribution in [1.29, 1.82) is 5.26 Å². The van der Waals surface area contributed by atoms with Crippen molar-refractivity contribution in [2.24, 2.45) is 5.92 Å². The fourth-order valence-electron chi connectivity index (χ4n) is 5.58. The molecule has 1 saturated carbocycles. The normalized spacial score (nSPS) is 23.9. The highest BCUT2D eigenvalue weighted by Crippen LogP contribution is 2.41. The lowest BCUT2D eigenvalue weighted by Crippen LogP contribution is -2.72. The number of nitriles is 1. The lowest BCUT2D eigenvalue weighted by Gasteiger charge is -2.56. The lowest BCUT2D eigenvalue weighted by molar-refractivity contribution is -0.0432. The minimum Gasteiger partial charge on any atom is -0.321 e. The number of rotatable bonds is 7. The summed E-state index contributed by atoms with van der Waals surface area (Å²) < 4.78 is 27.0. The van der Waals surface area contributed by atoms with Crippen LogP contribution >= 0.6 is 0 Å². The predicted octanol–water partition coefficient (Wildman–Crippen LogP) is 4.32. The number of urea groups is 1. The van der Waals surface area contributed by atoms with Crippen LogP contribution in [0.5, 0.6) is 0 Å². The van der Waals surface area contributed by atoms with Gasteiger partial charge in [0, 0.05) is 31.1 Å². The number of likely N-dealkylation sites (tertiary alicyclic amines) is 2. The fourth-order valence-corrected chi connectivity index (χ4v) is 5.58. The number of carbonyl (C=O) groups is 1. The first-order chi connectivity index (χ1) is 17.0. The number of piperidine rings is 1. The Morgan fingerprint density at radius 1 is 1.11 bits per heavy atom. The molecule has 5 rings (SSSR count). The smallest absolute Gasteiger partial charge is 0.321 e. The van der Waals surface area contributed by atoms with E-state index in [2.05, 4.69) is 51.9 Å². The fraction of sp³-hybridized carbons (Fsp3) is 0.481. The Morgan fingerprint density at radius 2 is 1.86 bits per heavy atom. The summed E-state index contributed by atoms with van der Waals surface area (Å²) in [6, 6.07) is 16.2. The van der Waals surface area contributed by atoms with Crippen LogP contribution < -0.4 is 10.6 Å². The number of nitrogens with one attached hydrogen (secondary N) is 2. The molecule has 0 radical (unpaired) electrons. The van der Waals surface area contributed by atoms with E-state index >= 15 is 0 Å². The molecule has 1 aliphatic carbocycles. The number of carbonyl (C=O) groups excluding carboxylic acids is 1. The second kappa shape index (κ2) is 9.92. The lowest BCUT2D eigenvalue weighted by atomic mass is 9.82. The summed E-state index contributed by atoms with van der Waals surface area (Å²) in [4.78, 5) is 16.5. The number of amides is 2. The minimum absolute atomic E-state index is 0.0485. The van der Waals surface area contributed by atoms with Gasteiger partial charge < -0.3 is 15.5 Å². The van der Waals surface area contributed by atoms with Crippen molar-refractivity contribution in [2.75, 3.05) is 38.0 Å². The Balaban J connectivity index is 1.08. The van der Waals surface area contributed by atoms with Gasteiger partial charge in [0.05, 0.1) is 23.7 Å². The van der Waals surface area contributed by atoms with Crippen LogP contribution in [0.15, 0.2) is 48.5 Å². The molecule has 0 bridgehead atoms. The highest BCUT2D eigenvalue weighted by molar-refractivity contribution is 5.90. The topological polar surface area (TPSA) is 71.4 Å². The highest BCUT2D eigenvalue weighted by atomic mass is 19.1. The van der Waals surface area contributed by atoms with Gasteiger partial charge in [-0.05, 0) is 62.5 Å². The number of hydrogen-bond acceptors (Lipinski definition) is 4. The molecule has 3 aliphatic rings. The van der Waals surface area contributed by atoms with E-state index in [4.69, 9.17) is 0 Å². The van der Waals surface area contributed by atoms with Crippen molar-refractivity contribution in [2.45, 2.75) is 43.2 Å². The first-order valence-electron chi connectivity index (χ1n) is 12.4. The van der Waals surface area contributed by atoms with Crippen molar-refractivity contribution < 1.29 is 13.6 Å². The summed E-state index contributed by atoms with van der Waals surface area (Å²) in [6.07, 6.45) is 3.69. The highest BCUT2D eigenvalue weighted by Gasteiger charge is 2.50. The second-order valence-electron chi connectivity index (χ2n) is 10.2. The summed E-state index contributed by atoms with van der Waals surface area (Å²) in [5, 5.41) is 15.7. The van der Waals surface area contributed by atoms with Gasteiger partial charge in [0.1, 0.15) is 11.6 Å². The Kier molecular flexibility index (Phi) is 6.72. The summed E-state index contributed by atoms with van der Waals surface area (Å²) in [5.41, 5.74) is 1.02. The van der Waals surface area contributed by atoms with E-state index in [9.17, 15) is 18.8 Å². The van der Waals surface area contributed by atoms with E-state index < -0.39 is 17.7 Å². The largest absolute Gasteiger partial charge is 0.322 e. The average Bonchev–Trinajstić information content (AvgIpc) is 3.62. The van der Waals surface area contributed by atoms with Crippen LogP contribution in [-0.2, 0) is 0 Å². The van der Waals surface area contributed by atoms with Gasteiger partial charge >= 0.3 is 6.03 Å². The van der Waals surface area contributed by atoms with Gasteiger partial charge in [-0.1, -0.05) is 30.3 Å². The molecule has 6 nitrogen and oxygen atoms in total. The van der Waals surface area contributed by atoms with Crippen LogP contribution in [0.4, 0.5) is 19.3 Å². The third kappa shape index (κ3) is 5.16. The van der Waals surface area contributed by atoms with Gasteiger partial charge in [-0.2, -0.15) is 5.26 Å². The second-order valence-corrected chi connectivity index (χ2v) is 10.2. The zero-order valence-electron chi connectivity index (χ0n) is 19.7. The van der Waals surface area contributed by atoms with Crippen molar-refractivity contribution in [3.63, 3.8) is 0 Å². The zero-order valence-corrected chi connectivity index (χ0v) is 19.7. The van der Waals surface area contributed by atoms with E-state index in [-0.39, 0.29) is 11.2 Å². The molecule has 2 amide bonds. The molecule has 8 heteroatoms. The quantitative estimate of drug-likeness (QED) is 0.621. The van der Waals surface area contributed by atoms with E-state index in [0.717, 1.165) is 44.6 Å². The summed E-state index contributed by atoms with van der Waals surface area (Å²) in [6.45, 7) is 3.69. The number of benzene rings is 2. The Bertz CT molecular complexity index is 1090. The number of nitrogens with zero attached hydrogens (tertiary/aromatic N) is 3. The Labute approximate surface area is 204 Å². The molecule has 2 aliphatic heterocycles. The van der Waals surface area contributed by atoms with E-state index in [1.54, 1.807) is 4.90 Å². The molecule has 2 heterocycles. The standard InChI is InChI=1S/C27H31F2N5O/c28-21-6-7-24(23(29)14-21)32-26(35)33-17-27(18-33,10-11-30)34-12-8-19(9-13-34)16-31-25-15-22(25)20-4-2-1-3-5-20/h1-7,14,19,22,25,31H,8-10,12-13,15-18H2,(H,32,35)/t22-,25+/m0/s1. The molecule has 3 fully saturated rings. The predicted molar refractivity (Wildman–Crippen MR) is 130 cm³/mol. The number of halogens is 2. The molecule has 2 aromatic rings. The van der Waals surface area contributed by atoms with Gasteiger partial charge in [0.15, 0.2) is 0 Å². The van der Waals surface area contributed by atoms with Crippen LogP contribution in [-0.4, -0.2) is 60.1 Å². The maximum Gasteiger partial charge on any atom is 0.322 e. The zero-order chi connectivity index (χ0) is 24.4. The van der Waals surface area contributed by atoms with Gasteiger partial charge in [0.25, 0.3) is 0 Å². The average molecular weight is 480 g/mol. The third-order valence-corrected chi connectivity index (χ3v) is 7.81. The molecule has 2 aromatic carbocycles. The molecule has 35 heavy (non-hydrogen) atoms. The van der Waals surface area contributed by atoms with Crippen molar-refractivity contribution in [3.8, 4) is 6.07 Å². The maximum atomic E-state index is 13.9. The molecular weight excluding hydrogens is 448 g/mol. The van der Waals surface area contributed by atoms with Gasteiger partial charge in [0.2, 0.25) is 0 Å². The summed E-state index contributed by atoms with van der Waals surface area (Å²) >= 11 is 0. The molecule has 0 spiro atoms. The maximum absolute atomic E-state index is 13.9. The molecule has 0 unspecified atom stereocenters. The van der Waals surface area contributed by atoms with E-state index in [1.165, 1.54) is 18.1 Å². The van der Waals surface area contributed by atoms with Crippen LogP contribution in [0, 0.1) is 28.9 Å². The summed E-state index contributed by atoms with van der Waals surface area (Å²) in [7, 11) is 0. The Hall–Kier alpha value is -3.02. The molecule has 2 atom stereocenters. The molecular formula is C27H31F2N5O. The SMILES string of the molecule is N#CCC1(N2CCC(CN[C@@H]3C[C@H]3c3ccccc3)CC2)CN(C(=O)Nc2ccc(F)cc2F)C1. The van der Waals surface area contributed by atoms with E-state index in [1.807, 2.05) is 0 Å². The first-order valence-corrected chi connectivity index (χ1v) is 12.4. The van der Waals surface area contributed by atoms with Crippen LogP contribution in [0.3, 0.4) is 0 Å². The molecule has 0 aromatic heterocycles. The summed E-state index contributed by atoms with van der Waals surface area (Å²) in [5.74, 6) is -0.252. The molecule has 184 valence electrons. The Morgan fingerprint density at radius 3 is 2.54 bits per heavy atom. The molecule has 2 N–H and O–H groups in total. The number of hydrogen-bond donors (Lipinski definition) is 2. The van der Waals surface area contributed by atoms with Gasteiger partial charge in [-0.15, -0.1) is 0 Å². The third-order valence-electron chi connectivity index (χ3n) is 7.81. The van der Waals surface area contributed by atoms with E-state index in [0.29, 0.717) is 37.4 Å². The van der Waals surface area contributed by atoms with Gasteiger partial charge in [-0.3, -0.25) is 4.90 Å².